The molecule has 1 saturated heterocycles. The summed E-state index contributed by atoms with van der Waals surface area (Å²) in [4.78, 5) is 11.0. The molecule has 1 aliphatic rings. The molecule has 0 radical (unpaired) electrons. The Morgan fingerprint density at radius 1 is 1.38 bits per heavy atom. The maximum Gasteiger partial charge on any atom is 0.251 e. The van der Waals surface area contributed by atoms with Gasteiger partial charge in [0.15, 0.2) is 12.6 Å². The summed E-state index contributed by atoms with van der Waals surface area (Å²) in [6, 6.07) is 0. The molecule has 0 aromatic heterocycles. The summed E-state index contributed by atoms with van der Waals surface area (Å²) in [6.45, 7) is 3.57. The van der Waals surface area contributed by atoms with Crippen molar-refractivity contribution < 1.29 is 14.3 Å². The third kappa shape index (κ3) is 1.99. The van der Waals surface area contributed by atoms with Crippen LogP contribution in [-0.2, 0) is 14.3 Å². The number of rotatable bonds is 3. The van der Waals surface area contributed by atoms with Gasteiger partial charge >= 0.3 is 0 Å². The molecule has 0 atom stereocenters. The van der Waals surface area contributed by atoms with Crippen LogP contribution in [0.25, 0.3) is 0 Å². The minimum Gasteiger partial charge on any atom is -0.402 e. The van der Waals surface area contributed by atoms with Crippen molar-refractivity contribution in [3.63, 3.8) is 0 Å². The number of allylic oxidation sites excluding steroid dienone is 1. The highest BCUT2D eigenvalue weighted by Crippen LogP contribution is 2.24. The van der Waals surface area contributed by atoms with Crippen molar-refractivity contribution in [2.24, 2.45) is 11.5 Å². The van der Waals surface area contributed by atoms with Crippen molar-refractivity contribution in [1.29, 1.82) is 0 Å². The second-order valence-electron chi connectivity index (χ2n) is 2.83. The van der Waals surface area contributed by atoms with Gasteiger partial charge in [-0.3, -0.25) is 4.79 Å². The van der Waals surface area contributed by atoms with Crippen molar-refractivity contribution in [3.05, 3.63) is 11.3 Å². The number of carbonyl (C=O) groups is 1. The summed E-state index contributed by atoms with van der Waals surface area (Å²) < 4.78 is 10.2. The van der Waals surface area contributed by atoms with E-state index >= 15 is 0 Å². The lowest BCUT2D eigenvalue weighted by atomic mass is 10.1. The van der Waals surface area contributed by atoms with Gasteiger partial charge in [-0.05, 0) is 13.3 Å². The molecule has 0 aromatic carbocycles. The van der Waals surface area contributed by atoms with Gasteiger partial charge in [0.05, 0.1) is 5.57 Å². The zero-order valence-corrected chi connectivity index (χ0v) is 7.74. The Balaban J connectivity index is 2.75. The first-order chi connectivity index (χ1) is 6.06. The van der Waals surface area contributed by atoms with Gasteiger partial charge < -0.3 is 20.9 Å². The third-order valence-electron chi connectivity index (χ3n) is 1.86. The lowest BCUT2D eigenvalue weighted by Gasteiger charge is -2.34. The summed E-state index contributed by atoms with van der Waals surface area (Å²) in [7, 11) is 0. The van der Waals surface area contributed by atoms with Crippen LogP contribution in [0.15, 0.2) is 11.3 Å². The fraction of sp³-hybridized carbons (Fsp3) is 0.625. The van der Waals surface area contributed by atoms with Gasteiger partial charge in [0.2, 0.25) is 0 Å². The monoisotopic (exact) mass is 186 g/mol. The molecule has 1 rings (SSSR count). The number of ether oxygens (including phenoxy) is 2. The number of hydrogen-bond acceptors (Lipinski definition) is 4. The van der Waals surface area contributed by atoms with Gasteiger partial charge in [-0.25, -0.2) is 0 Å². The smallest absolute Gasteiger partial charge is 0.251 e. The SMILES string of the molecule is CC/C(N)=C(/C(N)=O)C1OC(C)O1. The van der Waals surface area contributed by atoms with Crippen molar-refractivity contribution in [2.45, 2.75) is 32.8 Å². The van der Waals surface area contributed by atoms with Crippen LogP contribution in [0.1, 0.15) is 20.3 Å². The van der Waals surface area contributed by atoms with Gasteiger partial charge in [0.1, 0.15) is 0 Å². The molecule has 0 spiro atoms. The topological polar surface area (TPSA) is 87.6 Å². The van der Waals surface area contributed by atoms with E-state index in [1.165, 1.54) is 0 Å². The predicted molar refractivity (Wildman–Crippen MR) is 46.1 cm³/mol. The van der Waals surface area contributed by atoms with Gasteiger partial charge in [-0.2, -0.15) is 0 Å². The van der Waals surface area contributed by atoms with Gasteiger partial charge in [-0.1, -0.05) is 6.92 Å². The summed E-state index contributed by atoms with van der Waals surface area (Å²) in [6.07, 6.45) is -0.410. The van der Waals surface area contributed by atoms with Crippen LogP contribution in [0.3, 0.4) is 0 Å². The fourth-order valence-electron chi connectivity index (χ4n) is 1.11. The summed E-state index contributed by atoms with van der Waals surface area (Å²) in [5.74, 6) is -0.587. The van der Waals surface area contributed by atoms with E-state index in [1.807, 2.05) is 6.92 Å². The number of amides is 1. The lowest BCUT2D eigenvalue weighted by Crippen LogP contribution is -2.44. The first-order valence-electron chi connectivity index (χ1n) is 4.15. The highest BCUT2D eigenvalue weighted by molar-refractivity contribution is 5.93. The molecule has 1 heterocycles. The molecule has 1 fully saturated rings. The second kappa shape index (κ2) is 3.76. The normalized spacial score (nSPS) is 29.1. The standard InChI is InChI=1S/C8H14N2O3/c1-3-5(9)6(7(10)11)8-12-4(2)13-8/h4,8H,3,9H2,1-2H3,(H2,10,11)/b6-5+. The number of primary amides is 1. The third-order valence-corrected chi connectivity index (χ3v) is 1.86. The number of carbonyl (C=O) groups excluding carboxylic acids is 1. The van der Waals surface area contributed by atoms with Crippen LogP contribution in [0.4, 0.5) is 0 Å². The van der Waals surface area contributed by atoms with E-state index in [1.54, 1.807) is 6.92 Å². The quantitative estimate of drug-likeness (QED) is 0.598. The van der Waals surface area contributed by atoms with E-state index < -0.39 is 12.2 Å². The average Bonchev–Trinajstić information content (AvgIpc) is 2.00. The largest absolute Gasteiger partial charge is 0.402 e. The lowest BCUT2D eigenvalue weighted by molar-refractivity contribution is -0.358. The summed E-state index contributed by atoms with van der Waals surface area (Å²) in [5.41, 5.74) is 11.4. The summed E-state index contributed by atoms with van der Waals surface area (Å²) >= 11 is 0. The Morgan fingerprint density at radius 2 is 1.92 bits per heavy atom. The van der Waals surface area contributed by atoms with Crippen LogP contribution in [0.2, 0.25) is 0 Å². The molecule has 0 bridgehead atoms. The van der Waals surface area contributed by atoms with Crippen molar-refractivity contribution in [1.82, 2.24) is 0 Å². The Kier molecular flexibility index (Phi) is 2.90. The first-order valence-corrected chi connectivity index (χ1v) is 4.15. The maximum atomic E-state index is 11.0. The van der Waals surface area contributed by atoms with Gasteiger partial charge in [-0.15, -0.1) is 0 Å². The van der Waals surface area contributed by atoms with Gasteiger partial charge in [0.25, 0.3) is 5.91 Å². The van der Waals surface area contributed by atoms with Crippen molar-refractivity contribution in [3.8, 4) is 0 Å². The van der Waals surface area contributed by atoms with Gasteiger partial charge in [0, 0.05) is 5.70 Å². The van der Waals surface area contributed by atoms with Crippen LogP contribution < -0.4 is 11.5 Å². The molecule has 74 valence electrons. The minimum absolute atomic E-state index is 0.237. The minimum atomic E-state index is -0.674. The predicted octanol–water partition coefficient (Wildman–Crippen LogP) is -0.187. The summed E-state index contributed by atoms with van der Waals surface area (Å²) in [5, 5.41) is 0. The van der Waals surface area contributed by atoms with E-state index in [2.05, 4.69) is 0 Å². The molecular formula is C8H14N2O3. The Labute approximate surface area is 76.7 Å². The van der Waals surface area contributed by atoms with Crippen LogP contribution >= 0.6 is 0 Å². The molecule has 0 unspecified atom stereocenters. The molecule has 4 N–H and O–H groups in total. The Morgan fingerprint density at radius 3 is 2.23 bits per heavy atom. The van der Waals surface area contributed by atoms with Crippen molar-refractivity contribution in [2.75, 3.05) is 0 Å². The molecule has 0 saturated carbocycles. The molecule has 0 aliphatic carbocycles. The van der Waals surface area contributed by atoms with E-state index in [0.717, 1.165) is 0 Å². The molecule has 5 heteroatoms. The highest BCUT2D eigenvalue weighted by Gasteiger charge is 2.34. The van der Waals surface area contributed by atoms with Crippen LogP contribution in [-0.4, -0.2) is 18.5 Å². The van der Waals surface area contributed by atoms with E-state index in [4.69, 9.17) is 20.9 Å². The number of hydrogen-bond donors (Lipinski definition) is 2. The molecule has 5 nitrogen and oxygen atoms in total. The second-order valence-corrected chi connectivity index (χ2v) is 2.83. The molecule has 1 amide bonds. The van der Waals surface area contributed by atoms with E-state index in [-0.39, 0.29) is 11.9 Å². The molecule has 1 aliphatic heterocycles. The van der Waals surface area contributed by atoms with Crippen LogP contribution in [0.5, 0.6) is 0 Å². The Hall–Kier alpha value is -1.07. The zero-order valence-electron chi connectivity index (χ0n) is 7.74. The Bertz CT molecular complexity index is 244. The first kappa shape index (κ1) is 10.0. The zero-order chi connectivity index (χ0) is 10.0. The fourth-order valence-corrected chi connectivity index (χ4v) is 1.11. The van der Waals surface area contributed by atoms with Crippen molar-refractivity contribution >= 4 is 5.91 Å². The number of nitrogens with two attached hydrogens (primary N) is 2. The maximum absolute atomic E-state index is 11.0. The highest BCUT2D eigenvalue weighted by atomic mass is 16.9. The van der Waals surface area contributed by atoms with Crippen LogP contribution in [0, 0.1) is 0 Å². The van der Waals surface area contributed by atoms with E-state index in [0.29, 0.717) is 12.1 Å². The molecule has 13 heavy (non-hydrogen) atoms. The molecular weight excluding hydrogens is 172 g/mol. The van der Waals surface area contributed by atoms with E-state index in [9.17, 15) is 4.79 Å². The molecule has 0 aromatic rings. The average molecular weight is 186 g/mol.